The zero-order valence-electron chi connectivity index (χ0n) is 10.8. The van der Waals surface area contributed by atoms with Gasteiger partial charge in [0, 0.05) is 12.7 Å². The average molecular weight is 236 g/mol. The van der Waals surface area contributed by atoms with Crippen molar-refractivity contribution in [2.75, 3.05) is 19.1 Å². The third-order valence-corrected chi connectivity index (χ3v) is 2.79. The SMILES string of the molecule is COc1ccc(N(C)C(=O)[C@@H](N)C(C)C)cc1. The third-order valence-electron chi connectivity index (χ3n) is 2.79. The second-order valence-electron chi connectivity index (χ2n) is 4.37. The Bertz CT molecular complexity index is 374. The smallest absolute Gasteiger partial charge is 0.243 e. The van der Waals surface area contributed by atoms with Gasteiger partial charge in [0.15, 0.2) is 0 Å². The highest BCUT2D eigenvalue weighted by Gasteiger charge is 2.21. The van der Waals surface area contributed by atoms with Gasteiger partial charge in [-0.15, -0.1) is 0 Å². The van der Waals surface area contributed by atoms with E-state index in [0.29, 0.717) is 0 Å². The van der Waals surface area contributed by atoms with Crippen LogP contribution in [0.5, 0.6) is 5.75 Å². The van der Waals surface area contributed by atoms with Gasteiger partial charge in [0.05, 0.1) is 13.2 Å². The van der Waals surface area contributed by atoms with Gasteiger partial charge in [0.25, 0.3) is 0 Å². The molecule has 0 aliphatic rings. The summed E-state index contributed by atoms with van der Waals surface area (Å²) in [6, 6.07) is 6.84. The number of ether oxygens (including phenoxy) is 1. The van der Waals surface area contributed by atoms with Gasteiger partial charge in [-0.25, -0.2) is 0 Å². The number of carbonyl (C=O) groups is 1. The predicted molar refractivity (Wildman–Crippen MR) is 69.2 cm³/mol. The molecule has 4 nitrogen and oxygen atoms in total. The van der Waals surface area contributed by atoms with E-state index in [1.807, 2.05) is 38.1 Å². The van der Waals surface area contributed by atoms with Crippen LogP contribution in [0.4, 0.5) is 5.69 Å². The van der Waals surface area contributed by atoms with Gasteiger partial charge in [0.2, 0.25) is 5.91 Å². The molecule has 1 rings (SSSR count). The van der Waals surface area contributed by atoms with Crippen molar-refractivity contribution in [3.05, 3.63) is 24.3 Å². The zero-order valence-corrected chi connectivity index (χ0v) is 10.8. The Balaban J connectivity index is 2.81. The van der Waals surface area contributed by atoms with Crippen LogP contribution in [-0.4, -0.2) is 26.1 Å². The van der Waals surface area contributed by atoms with Crippen LogP contribution in [0.25, 0.3) is 0 Å². The number of likely N-dealkylation sites (N-methyl/N-ethyl adjacent to an activating group) is 1. The summed E-state index contributed by atoms with van der Waals surface area (Å²) in [5.74, 6) is 0.816. The van der Waals surface area contributed by atoms with Crippen LogP contribution in [0.3, 0.4) is 0 Å². The Morgan fingerprint density at radius 2 is 1.82 bits per heavy atom. The molecule has 1 amide bonds. The molecule has 0 aliphatic carbocycles. The van der Waals surface area contributed by atoms with Crippen molar-refractivity contribution in [1.82, 2.24) is 0 Å². The quantitative estimate of drug-likeness (QED) is 0.864. The molecule has 0 unspecified atom stereocenters. The first-order chi connectivity index (χ1) is 7.97. The second-order valence-corrected chi connectivity index (χ2v) is 4.37. The van der Waals surface area contributed by atoms with Gasteiger partial charge in [-0.05, 0) is 30.2 Å². The molecule has 0 bridgehead atoms. The van der Waals surface area contributed by atoms with Gasteiger partial charge < -0.3 is 15.4 Å². The minimum Gasteiger partial charge on any atom is -0.497 e. The predicted octanol–water partition coefficient (Wildman–Crippen LogP) is 1.64. The van der Waals surface area contributed by atoms with Gasteiger partial charge in [-0.3, -0.25) is 4.79 Å². The molecule has 1 aromatic carbocycles. The Kier molecular flexibility index (Phi) is 4.52. The maximum absolute atomic E-state index is 12.0. The summed E-state index contributed by atoms with van der Waals surface area (Å²) in [6.07, 6.45) is 0. The zero-order chi connectivity index (χ0) is 13.0. The topological polar surface area (TPSA) is 55.6 Å². The van der Waals surface area contributed by atoms with Crippen LogP contribution >= 0.6 is 0 Å². The van der Waals surface area contributed by atoms with Gasteiger partial charge in [-0.1, -0.05) is 13.8 Å². The summed E-state index contributed by atoms with van der Waals surface area (Å²) in [7, 11) is 3.34. The van der Waals surface area contributed by atoms with Crippen LogP contribution < -0.4 is 15.4 Å². The van der Waals surface area contributed by atoms with E-state index in [9.17, 15) is 4.79 Å². The average Bonchev–Trinajstić information content (AvgIpc) is 2.36. The summed E-state index contributed by atoms with van der Waals surface area (Å²) in [6.45, 7) is 3.87. The van der Waals surface area contributed by atoms with Crippen molar-refractivity contribution < 1.29 is 9.53 Å². The summed E-state index contributed by atoms with van der Waals surface area (Å²) in [5.41, 5.74) is 6.65. The first-order valence-corrected chi connectivity index (χ1v) is 5.64. The number of rotatable bonds is 4. The lowest BCUT2D eigenvalue weighted by Crippen LogP contribution is -2.45. The monoisotopic (exact) mass is 236 g/mol. The lowest BCUT2D eigenvalue weighted by molar-refractivity contribution is -0.120. The largest absolute Gasteiger partial charge is 0.497 e. The molecule has 2 N–H and O–H groups in total. The molecule has 1 aromatic rings. The van der Waals surface area contributed by atoms with Crippen LogP contribution in [0.2, 0.25) is 0 Å². The molecule has 0 aromatic heterocycles. The Morgan fingerprint density at radius 1 is 1.29 bits per heavy atom. The fraction of sp³-hybridized carbons (Fsp3) is 0.462. The molecule has 1 atom stereocenters. The molecule has 94 valence electrons. The summed E-state index contributed by atoms with van der Waals surface area (Å²) in [5, 5.41) is 0. The number of nitrogens with zero attached hydrogens (tertiary/aromatic N) is 1. The van der Waals surface area contributed by atoms with Gasteiger partial charge in [0.1, 0.15) is 5.75 Å². The number of benzene rings is 1. The van der Waals surface area contributed by atoms with Gasteiger partial charge >= 0.3 is 0 Å². The Morgan fingerprint density at radius 3 is 2.24 bits per heavy atom. The summed E-state index contributed by atoms with van der Waals surface area (Å²) in [4.78, 5) is 13.6. The number of methoxy groups -OCH3 is 1. The lowest BCUT2D eigenvalue weighted by atomic mass is 10.0. The molecule has 0 fully saturated rings. The normalized spacial score (nSPS) is 12.4. The van der Waals surface area contributed by atoms with E-state index in [0.717, 1.165) is 11.4 Å². The number of anilines is 1. The van der Waals surface area contributed by atoms with Crippen molar-refractivity contribution in [1.29, 1.82) is 0 Å². The summed E-state index contributed by atoms with van der Waals surface area (Å²) >= 11 is 0. The fourth-order valence-electron chi connectivity index (χ4n) is 1.44. The van der Waals surface area contributed by atoms with E-state index in [-0.39, 0.29) is 11.8 Å². The Labute approximate surface area is 102 Å². The maximum atomic E-state index is 12.0. The molecule has 0 spiro atoms. The van der Waals surface area contributed by atoms with Crippen LogP contribution in [-0.2, 0) is 4.79 Å². The molecule has 0 aliphatic heterocycles. The van der Waals surface area contributed by atoms with Gasteiger partial charge in [-0.2, -0.15) is 0 Å². The van der Waals surface area contributed by atoms with E-state index in [1.165, 1.54) is 0 Å². The molecular formula is C13H20N2O2. The standard InChI is InChI=1S/C13H20N2O2/c1-9(2)12(14)13(16)15(3)10-5-7-11(17-4)8-6-10/h5-9,12H,14H2,1-4H3/t12-/m0/s1. The Hall–Kier alpha value is -1.55. The van der Waals surface area contributed by atoms with E-state index in [4.69, 9.17) is 10.5 Å². The highest BCUT2D eigenvalue weighted by molar-refractivity contribution is 5.96. The molecule has 0 heterocycles. The molecule has 0 radical (unpaired) electrons. The first-order valence-electron chi connectivity index (χ1n) is 5.64. The number of nitrogens with two attached hydrogens (primary N) is 1. The van der Waals surface area contributed by atoms with Crippen LogP contribution in [0, 0.1) is 5.92 Å². The van der Waals surface area contributed by atoms with E-state index >= 15 is 0 Å². The van der Waals surface area contributed by atoms with E-state index < -0.39 is 6.04 Å². The number of carbonyl (C=O) groups excluding carboxylic acids is 1. The van der Waals surface area contributed by atoms with Crippen molar-refractivity contribution in [2.45, 2.75) is 19.9 Å². The van der Waals surface area contributed by atoms with Crippen molar-refractivity contribution >= 4 is 11.6 Å². The first kappa shape index (κ1) is 13.5. The second kappa shape index (κ2) is 5.68. The lowest BCUT2D eigenvalue weighted by Gasteiger charge is -2.23. The van der Waals surface area contributed by atoms with Crippen molar-refractivity contribution in [3.8, 4) is 5.75 Å². The maximum Gasteiger partial charge on any atom is 0.243 e. The highest BCUT2D eigenvalue weighted by atomic mass is 16.5. The molecule has 4 heteroatoms. The minimum absolute atomic E-state index is 0.0785. The minimum atomic E-state index is -0.470. The van der Waals surface area contributed by atoms with E-state index in [1.54, 1.807) is 19.1 Å². The number of hydrogen-bond acceptors (Lipinski definition) is 3. The highest BCUT2D eigenvalue weighted by Crippen LogP contribution is 2.19. The number of hydrogen-bond donors (Lipinski definition) is 1. The van der Waals surface area contributed by atoms with Crippen LogP contribution in [0.15, 0.2) is 24.3 Å². The fourth-order valence-corrected chi connectivity index (χ4v) is 1.44. The molecular weight excluding hydrogens is 216 g/mol. The van der Waals surface area contributed by atoms with Crippen molar-refractivity contribution in [2.24, 2.45) is 11.7 Å². The van der Waals surface area contributed by atoms with Crippen molar-refractivity contribution in [3.63, 3.8) is 0 Å². The third kappa shape index (κ3) is 3.20. The number of amides is 1. The summed E-state index contributed by atoms with van der Waals surface area (Å²) < 4.78 is 5.07. The van der Waals surface area contributed by atoms with Crippen LogP contribution in [0.1, 0.15) is 13.8 Å². The van der Waals surface area contributed by atoms with E-state index in [2.05, 4.69) is 0 Å². The molecule has 0 saturated carbocycles. The molecule has 17 heavy (non-hydrogen) atoms. The molecule has 0 saturated heterocycles.